The second-order valence-electron chi connectivity index (χ2n) is 3.91. The van der Waals surface area contributed by atoms with Crippen molar-refractivity contribution >= 4 is 29.7 Å². The highest BCUT2D eigenvalue weighted by Gasteiger charge is 2.28. The van der Waals surface area contributed by atoms with Crippen LogP contribution in [0.5, 0.6) is 0 Å². The first-order chi connectivity index (χ1) is 7.79. The molecule has 0 unspecified atom stereocenters. The maximum absolute atomic E-state index is 11.3. The largest absolute Gasteiger partial charge is 0.480 e. The Hall–Kier alpha value is -1.24. The van der Waals surface area contributed by atoms with E-state index in [0.717, 1.165) is 18.2 Å². The van der Waals surface area contributed by atoms with Gasteiger partial charge in [-0.2, -0.15) is 0 Å². The molecule has 0 saturated carbocycles. The molecule has 3 N–H and O–H groups in total. The molecule has 0 bridgehead atoms. The fraction of sp³-hybridized carbons (Fsp3) is 0.700. The minimum absolute atomic E-state index is 0.0706. The van der Waals surface area contributed by atoms with Crippen molar-refractivity contribution in [1.82, 2.24) is 10.6 Å². The van der Waals surface area contributed by atoms with Crippen LogP contribution in [-0.2, 0) is 9.59 Å². The standard InChI is InChI=1S/C10H18N2O4S/c1-4-5-11-9(16)12-7(13)6-17-10(2,3)8(14)15/h4-6H2,1-3H3,(H,14,15)(H2,11,12,13,16). The maximum atomic E-state index is 11.3. The molecule has 98 valence electrons. The zero-order valence-corrected chi connectivity index (χ0v) is 11.0. The van der Waals surface area contributed by atoms with Gasteiger partial charge >= 0.3 is 12.0 Å². The van der Waals surface area contributed by atoms with Crippen molar-refractivity contribution in [2.75, 3.05) is 12.3 Å². The Labute approximate surface area is 105 Å². The van der Waals surface area contributed by atoms with E-state index in [-0.39, 0.29) is 5.75 Å². The average molecular weight is 262 g/mol. The first kappa shape index (κ1) is 15.8. The summed E-state index contributed by atoms with van der Waals surface area (Å²) in [5, 5.41) is 13.4. The van der Waals surface area contributed by atoms with Gasteiger partial charge < -0.3 is 10.4 Å². The molecule has 6 nitrogen and oxygen atoms in total. The average Bonchev–Trinajstić information content (AvgIpc) is 2.23. The summed E-state index contributed by atoms with van der Waals surface area (Å²) in [5.74, 6) is -1.57. The van der Waals surface area contributed by atoms with Gasteiger partial charge in [-0.05, 0) is 20.3 Å². The van der Waals surface area contributed by atoms with E-state index >= 15 is 0 Å². The summed E-state index contributed by atoms with van der Waals surface area (Å²) in [6.07, 6.45) is 0.780. The van der Waals surface area contributed by atoms with E-state index in [1.165, 1.54) is 13.8 Å². The van der Waals surface area contributed by atoms with Gasteiger partial charge in [0.2, 0.25) is 5.91 Å². The molecular formula is C10H18N2O4S. The Morgan fingerprint density at radius 3 is 2.35 bits per heavy atom. The minimum Gasteiger partial charge on any atom is -0.480 e. The van der Waals surface area contributed by atoms with Gasteiger partial charge in [-0.15, -0.1) is 11.8 Å². The number of nitrogens with one attached hydrogen (secondary N) is 2. The number of carboxylic acids is 1. The lowest BCUT2D eigenvalue weighted by molar-refractivity contribution is -0.138. The van der Waals surface area contributed by atoms with Crippen molar-refractivity contribution in [3.63, 3.8) is 0 Å². The van der Waals surface area contributed by atoms with E-state index in [1.807, 2.05) is 6.92 Å². The lowest BCUT2D eigenvalue weighted by atomic mass is 10.2. The quantitative estimate of drug-likeness (QED) is 0.658. The summed E-state index contributed by atoms with van der Waals surface area (Å²) in [6, 6.07) is -0.550. The van der Waals surface area contributed by atoms with Crippen LogP contribution in [0, 0.1) is 0 Å². The smallest absolute Gasteiger partial charge is 0.321 e. The van der Waals surface area contributed by atoms with Crippen LogP contribution < -0.4 is 10.6 Å². The zero-order chi connectivity index (χ0) is 13.5. The number of carbonyl (C=O) groups excluding carboxylic acids is 2. The van der Waals surface area contributed by atoms with Crippen LogP contribution >= 0.6 is 11.8 Å². The molecule has 0 radical (unpaired) electrons. The molecular weight excluding hydrogens is 244 g/mol. The van der Waals surface area contributed by atoms with Crippen LogP contribution in [0.15, 0.2) is 0 Å². The maximum Gasteiger partial charge on any atom is 0.321 e. The number of imide groups is 1. The molecule has 0 fully saturated rings. The van der Waals surface area contributed by atoms with Crippen LogP contribution in [0.4, 0.5) is 4.79 Å². The second-order valence-corrected chi connectivity index (χ2v) is 5.51. The van der Waals surface area contributed by atoms with Crippen LogP contribution in [0.25, 0.3) is 0 Å². The van der Waals surface area contributed by atoms with Gasteiger partial charge in [0.15, 0.2) is 0 Å². The summed E-state index contributed by atoms with van der Waals surface area (Å²) < 4.78 is -1.04. The Morgan fingerprint density at radius 2 is 1.88 bits per heavy atom. The van der Waals surface area contributed by atoms with Crippen LogP contribution in [-0.4, -0.2) is 40.1 Å². The van der Waals surface area contributed by atoms with Crippen molar-refractivity contribution in [2.45, 2.75) is 31.9 Å². The van der Waals surface area contributed by atoms with Crippen molar-refractivity contribution in [3.8, 4) is 0 Å². The van der Waals surface area contributed by atoms with Gasteiger partial charge in [0.05, 0.1) is 5.75 Å². The predicted molar refractivity (Wildman–Crippen MR) is 66.0 cm³/mol. The van der Waals surface area contributed by atoms with Crippen LogP contribution in [0.1, 0.15) is 27.2 Å². The third-order valence-corrected chi connectivity index (χ3v) is 3.17. The number of hydrogen-bond donors (Lipinski definition) is 3. The lowest BCUT2D eigenvalue weighted by Crippen LogP contribution is -2.41. The van der Waals surface area contributed by atoms with Gasteiger partial charge in [-0.25, -0.2) is 4.79 Å². The van der Waals surface area contributed by atoms with Crippen molar-refractivity contribution in [2.24, 2.45) is 0 Å². The summed E-state index contributed by atoms with van der Waals surface area (Å²) in [7, 11) is 0. The van der Waals surface area contributed by atoms with E-state index in [1.54, 1.807) is 0 Å². The Kier molecular flexibility index (Phi) is 6.64. The summed E-state index contributed by atoms with van der Waals surface area (Å²) in [6.45, 7) is 5.40. The number of amides is 3. The molecule has 0 aliphatic carbocycles. The number of carbonyl (C=O) groups is 3. The normalized spacial score (nSPS) is 10.8. The monoisotopic (exact) mass is 262 g/mol. The molecule has 7 heteroatoms. The van der Waals surface area contributed by atoms with Crippen molar-refractivity contribution in [1.29, 1.82) is 0 Å². The zero-order valence-electron chi connectivity index (χ0n) is 10.2. The third kappa shape index (κ3) is 6.83. The van der Waals surface area contributed by atoms with Gasteiger partial charge in [0.1, 0.15) is 4.75 Å². The van der Waals surface area contributed by atoms with Crippen molar-refractivity contribution < 1.29 is 19.5 Å². The molecule has 0 aromatic rings. The Bertz CT molecular complexity index is 305. The van der Waals surface area contributed by atoms with Crippen LogP contribution in [0.2, 0.25) is 0 Å². The van der Waals surface area contributed by atoms with E-state index in [4.69, 9.17) is 5.11 Å². The molecule has 17 heavy (non-hydrogen) atoms. The van der Waals surface area contributed by atoms with Gasteiger partial charge in [0, 0.05) is 6.54 Å². The van der Waals surface area contributed by atoms with Crippen LogP contribution in [0.3, 0.4) is 0 Å². The van der Waals surface area contributed by atoms with E-state index in [2.05, 4.69) is 10.6 Å². The van der Waals surface area contributed by atoms with Crippen molar-refractivity contribution in [3.05, 3.63) is 0 Å². The number of thioether (sulfide) groups is 1. The molecule has 0 aromatic heterocycles. The summed E-state index contributed by atoms with van der Waals surface area (Å²) in [5.41, 5.74) is 0. The first-order valence-corrected chi connectivity index (χ1v) is 6.23. The molecule has 0 atom stereocenters. The highest BCUT2D eigenvalue weighted by molar-refractivity contribution is 8.01. The summed E-state index contributed by atoms with van der Waals surface area (Å²) in [4.78, 5) is 33.2. The molecule has 3 amide bonds. The Balaban J connectivity index is 3.95. The molecule has 0 heterocycles. The number of rotatable bonds is 6. The first-order valence-electron chi connectivity index (χ1n) is 5.24. The van der Waals surface area contributed by atoms with Gasteiger partial charge in [-0.3, -0.25) is 14.9 Å². The predicted octanol–water partition coefficient (Wildman–Crippen LogP) is 0.819. The SMILES string of the molecule is CCCNC(=O)NC(=O)CSC(C)(C)C(=O)O. The van der Waals surface area contributed by atoms with E-state index in [0.29, 0.717) is 6.54 Å². The van der Waals surface area contributed by atoms with Gasteiger partial charge in [-0.1, -0.05) is 6.92 Å². The molecule has 0 spiro atoms. The van der Waals surface area contributed by atoms with Gasteiger partial charge in [0.25, 0.3) is 0 Å². The fourth-order valence-corrected chi connectivity index (χ4v) is 1.44. The number of carboxylic acid groups (broad SMARTS) is 1. The number of aliphatic carboxylic acids is 1. The van der Waals surface area contributed by atoms with E-state index < -0.39 is 22.7 Å². The minimum atomic E-state index is -1.04. The molecule has 0 rings (SSSR count). The Morgan fingerprint density at radius 1 is 1.29 bits per heavy atom. The lowest BCUT2D eigenvalue weighted by Gasteiger charge is -2.17. The topological polar surface area (TPSA) is 95.5 Å². The molecule has 0 saturated heterocycles. The highest BCUT2D eigenvalue weighted by atomic mass is 32.2. The molecule has 0 aromatic carbocycles. The molecule has 0 aliphatic heterocycles. The molecule has 0 aliphatic rings. The van der Waals surface area contributed by atoms with E-state index in [9.17, 15) is 14.4 Å². The highest BCUT2D eigenvalue weighted by Crippen LogP contribution is 2.23. The third-order valence-electron chi connectivity index (χ3n) is 1.87. The number of urea groups is 1. The summed E-state index contributed by atoms with van der Waals surface area (Å²) >= 11 is 0.969. The fourth-order valence-electron chi connectivity index (χ4n) is 0.753. The second kappa shape index (κ2) is 7.16. The number of hydrogen-bond acceptors (Lipinski definition) is 4.